The van der Waals surface area contributed by atoms with Gasteiger partial charge < -0.3 is 29.7 Å². The van der Waals surface area contributed by atoms with Gasteiger partial charge in [-0.3, -0.25) is 0 Å². The molecule has 0 aromatic rings. The Labute approximate surface area is 353 Å². The van der Waals surface area contributed by atoms with Crippen LogP contribution >= 0.6 is 0 Å². The molecule has 0 heterocycles. The van der Waals surface area contributed by atoms with Crippen LogP contribution in [0.5, 0.6) is 0 Å². The third-order valence-electron chi connectivity index (χ3n) is 10.5. The van der Waals surface area contributed by atoms with Crippen molar-refractivity contribution in [2.24, 2.45) is 0 Å². The molecule has 0 aliphatic heterocycles. The van der Waals surface area contributed by atoms with Gasteiger partial charge in [-0.25, -0.2) is 0 Å². The van der Waals surface area contributed by atoms with Crippen LogP contribution < -0.4 is 15.3 Å². The minimum Gasteiger partial charge on any atom is -0.550 e. The van der Waals surface area contributed by atoms with Crippen molar-refractivity contribution in [1.82, 2.24) is 0 Å². The van der Waals surface area contributed by atoms with Gasteiger partial charge in [-0.15, -0.1) is 0 Å². The Morgan fingerprint density at radius 2 is 0.345 bits per heavy atom. The minimum atomic E-state index is -0.905. The normalized spacial score (nSPS) is 10.5. The van der Waals surface area contributed by atoms with Gasteiger partial charge in [-0.1, -0.05) is 252 Å². The monoisotopic (exact) mass is 822 g/mol. The first kappa shape index (κ1) is 60.6. The number of carboxylic acids is 3. The van der Waals surface area contributed by atoms with Gasteiger partial charge in [0.25, 0.3) is 0 Å². The van der Waals surface area contributed by atoms with E-state index in [4.69, 9.17) is 0 Å². The largest absolute Gasteiger partial charge is 3.00 e. The second-order valence-electron chi connectivity index (χ2n) is 16.1. The molecule has 0 spiro atoms. The molecule has 6 nitrogen and oxygen atoms in total. The minimum absolute atomic E-state index is 0. The summed E-state index contributed by atoms with van der Waals surface area (Å²) in [4.78, 5) is 30.6. The number of hydrogen-bond donors (Lipinski definition) is 0. The van der Waals surface area contributed by atoms with E-state index in [2.05, 4.69) is 20.8 Å². The van der Waals surface area contributed by atoms with E-state index in [1.54, 1.807) is 0 Å². The van der Waals surface area contributed by atoms with E-state index in [0.29, 0.717) is 0 Å². The van der Waals surface area contributed by atoms with Crippen molar-refractivity contribution < 1.29 is 46.8 Å². The molecule has 0 amide bonds. The second kappa shape index (κ2) is 57.3. The zero-order chi connectivity index (χ0) is 40.4. The Balaban J connectivity index is -0.000000351. The maximum atomic E-state index is 10.2. The van der Waals surface area contributed by atoms with Crippen LogP contribution in [-0.2, 0) is 31.5 Å². The molecule has 0 atom stereocenters. The van der Waals surface area contributed by atoms with E-state index in [1.165, 1.54) is 212 Å². The van der Waals surface area contributed by atoms with E-state index in [9.17, 15) is 29.7 Å². The van der Waals surface area contributed by atoms with Gasteiger partial charge in [-0.05, 0) is 38.5 Å². The summed E-state index contributed by atoms with van der Waals surface area (Å²) in [6, 6.07) is 0. The third kappa shape index (κ3) is 71.1. The van der Waals surface area contributed by atoms with Crippen LogP contribution in [0, 0.1) is 0 Å². The molecule has 1 radical (unpaired) electrons. The van der Waals surface area contributed by atoms with Crippen LogP contribution in [0.3, 0.4) is 0 Å². The summed E-state index contributed by atoms with van der Waals surface area (Å²) in [7, 11) is 0. The maximum absolute atomic E-state index is 10.2. The van der Waals surface area contributed by atoms with Crippen LogP contribution in [0.15, 0.2) is 0 Å². The molecule has 0 aromatic heterocycles. The van der Waals surface area contributed by atoms with Gasteiger partial charge in [-0.2, -0.15) is 0 Å². The molecule has 0 aliphatic rings. The standard InChI is InChI=1S/3C16H32O2.Fe/c3*1-2-3-4-5-6-7-8-9-10-11-12-13-14-15-16(17)18;/h3*2-15H2,1H3,(H,17,18);/q;;;+3/p-3. The number of carbonyl (C=O) groups excluding carboxylic acids is 3. The van der Waals surface area contributed by atoms with Crippen LogP contribution in [0.1, 0.15) is 290 Å². The van der Waals surface area contributed by atoms with E-state index >= 15 is 0 Å². The zero-order valence-corrected chi connectivity index (χ0v) is 38.1. The molecule has 55 heavy (non-hydrogen) atoms. The van der Waals surface area contributed by atoms with Gasteiger partial charge in [0.15, 0.2) is 0 Å². The number of rotatable bonds is 42. The first-order chi connectivity index (χ1) is 26.3. The van der Waals surface area contributed by atoms with E-state index in [-0.39, 0.29) is 36.3 Å². The van der Waals surface area contributed by atoms with Gasteiger partial charge in [0.2, 0.25) is 0 Å². The van der Waals surface area contributed by atoms with Crippen LogP contribution in [0.4, 0.5) is 0 Å². The molecule has 0 N–H and O–H groups in total. The first-order valence-electron chi connectivity index (χ1n) is 23.9. The fourth-order valence-electron chi connectivity index (χ4n) is 6.86. The Kier molecular flexibility index (Phi) is 63.1. The molecule has 0 saturated heterocycles. The number of carboxylic acid groups (broad SMARTS) is 3. The summed E-state index contributed by atoms with van der Waals surface area (Å²) in [5.41, 5.74) is 0. The van der Waals surface area contributed by atoms with Crippen molar-refractivity contribution >= 4 is 17.9 Å². The molecule has 0 fully saturated rings. The quantitative estimate of drug-likeness (QED) is 0.0446. The topological polar surface area (TPSA) is 120 Å². The third-order valence-corrected chi connectivity index (χ3v) is 10.5. The van der Waals surface area contributed by atoms with Gasteiger partial charge >= 0.3 is 17.1 Å². The molecular weight excluding hydrogens is 728 g/mol. The summed E-state index contributed by atoms with van der Waals surface area (Å²) in [5, 5.41) is 30.6. The first-order valence-corrected chi connectivity index (χ1v) is 23.9. The van der Waals surface area contributed by atoms with Crippen molar-refractivity contribution in [2.45, 2.75) is 290 Å². The predicted molar refractivity (Wildman–Crippen MR) is 226 cm³/mol. The molecule has 0 unspecified atom stereocenters. The number of hydrogen-bond acceptors (Lipinski definition) is 6. The van der Waals surface area contributed by atoms with Gasteiger partial charge in [0, 0.05) is 17.9 Å². The van der Waals surface area contributed by atoms with E-state index < -0.39 is 17.9 Å². The summed E-state index contributed by atoms with van der Waals surface area (Å²) in [6.07, 6.45) is 50.8. The van der Waals surface area contributed by atoms with Crippen LogP contribution in [0.25, 0.3) is 0 Å². The summed E-state index contributed by atoms with van der Waals surface area (Å²) in [5.74, 6) is -2.71. The zero-order valence-electron chi connectivity index (χ0n) is 37.0. The number of carbonyl (C=O) groups is 3. The average Bonchev–Trinajstić information content (AvgIpc) is 3.14. The number of aliphatic carboxylic acids is 3. The molecule has 0 saturated carbocycles. The summed E-state index contributed by atoms with van der Waals surface area (Å²) in [6.45, 7) is 6.77. The van der Waals surface area contributed by atoms with Gasteiger partial charge in [0.05, 0.1) is 0 Å². The summed E-state index contributed by atoms with van der Waals surface area (Å²) >= 11 is 0. The van der Waals surface area contributed by atoms with Crippen molar-refractivity contribution in [1.29, 1.82) is 0 Å². The Morgan fingerprint density at radius 3 is 0.455 bits per heavy atom. The maximum Gasteiger partial charge on any atom is 3.00 e. The Morgan fingerprint density at radius 1 is 0.236 bits per heavy atom. The van der Waals surface area contributed by atoms with E-state index in [1.807, 2.05) is 0 Å². The molecular formula is C48H93FeO6. The smallest absolute Gasteiger partial charge is 0.550 e. The van der Waals surface area contributed by atoms with E-state index in [0.717, 1.165) is 38.5 Å². The average molecular weight is 822 g/mol. The van der Waals surface area contributed by atoms with Crippen molar-refractivity contribution in [3.63, 3.8) is 0 Å². The fourth-order valence-corrected chi connectivity index (χ4v) is 6.86. The van der Waals surface area contributed by atoms with Gasteiger partial charge in [0.1, 0.15) is 0 Å². The van der Waals surface area contributed by atoms with Crippen LogP contribution in [0.2, 0.25) is 0 Å². The second-order valence-corrected chi connectivity index (χ2v) is 16.1. The predicted octanol–water partition coefficient (Wildman–Crippen LogP) is 12.7. The summed E-state index contributed by atoms with van der Waals surface area (Å²) < 4.78 is 0. The number of unbranched alkanes of at least 4 members (excludes halogenated alkanes) is 36. The Bertz CT molecular complexity index is 636. The fraction of sp³-hybridized carbons (Fsp3) is 0.938. The SMILES string of the molecule is CCCCCCCCCCCCCCCC(=O)[O-].CCCCCCCCCCCCCCCC(=O)[O-].CCCCCCCCCCCCCCCC(=O)[O-].[Fe+3]. The van der Waals surface area contributed by atoms with Crippen molar-refractivity contribution in [3.05, 3.63) is 0 Å². The molecule has 0 rings (SSSR count). The van der Waals surface area contributed by atoms with Crippen molar-refractivity contribution in [3.8, 4) is 0 Å². The molecule has 0 aliphatic carbocycles. The molecule has 329 valence electrons. The molecule has 0 aromatic carbocycles. The Hall–Kier alpha value is -1.07. The molecule has 7 heteroatoms. The molecule has 0 bridgehead atoms. The van der Waals surface area contributed by atoms with Crippen LogP contribution in [-0.4, -0.2) is 17.9 Å². The van der Waals surface area contributed by atoms with Crippen molar-refractivity contribution in [2.75, 3.05) is 0 Å².